The number of carbonyl (C=O) groups excluding carboxylic acids is 1. The molecule has 1 aromatic carbocycles. The summed E-state index contributed by atoms with van der Waals surface area (Å²) in [5, 5.41) is 0. The van der Waals surface area contributed by atoms with E-state index < -0.39 is 0 Å². The molecule has 1 aromatic rings. The van der Waals surface area contributed by atoms with Crippen LogP contribution in [-0.4, -0.2) is 12.9 Å². The van der Waals surface area contributed by atoms with Crippen LogP contribution in [0.25, 0.3) is 0 Å². The van der Waals surface area contributed by atoms with Gasteiger partial charge in [0.25, 0.3) is 0 Å². The van der Waals surface area contributed by atoms with Crippen LogP contribution in [0.15, 0.2) is 6.07 Å². The summed E-state index contributed by atoms with van der Waals surface area (Å²) in [5.74, 6) is 1.29. The molecule has 1 unspecified atom stereocenters. The smallest absolute Gasteiger partial charge is 0.154 e. The highest BCUT2D eigenvalue weighted by Crippen LogP contribution is 2.41. The van der Waals surface area contributed by atoms with Gasteiger partial charge in [0, 0.05) is 11.5 Å². The van der Waals surface area contributed by atoms with Gasteiger partial charge in [-0.1, -0.05) is 13.0 Å². The van der Waals surface area contributed by atoms with Crippen molar-refractivity contribution in [2.24, 2.45) is 0 Å². The van der Waals surface area contributed by atoms with Crippen LogP contribution in [0.5, 0.6) is 5.75 Å². The topological polar surface area (TPSA) is 26.3 Å². The second-order valence-electron chi connectivity index (χ2n) is 4.53. The van der Waals surface area contributed by atoms with Crippen molar-refractivity contribution in [2.45, 2.75) is 32.1 Å². The number of aryl methyl sites for hydroxylation is 1. The molecule has 2 heteroatoms. The monoisotopic (exact) mass is 202 g/mol. The third kappa shape index (κ3) is 1.14. The lowest BCUT2D eigenvalue weighted by Crippen LogP contribution is -1.96. The van der Waals surface area contributed by atoms with Gasteiger partial charge >= 0.3 is 0 Å². The normalized spacial score (nSPS) is 22.1. The van der Waals surface area contributed by atoms with E-state index in [2.05, 4.69) is 13.0 Å². The Labute approximate surface area is 89.2 Å². The Hall–Kier alpha value is -1.31. The second-order valence-corrected chi connectivity index (χ2v) is 4.53. The fraction of sp³-hybridized carbons (Fsp3) is 0.462. The van der Waals surface area contributed by atoms with Gasteiger partial charge in [-0.05, 0) is 30.4 Å². The molecule has 2 nitrogen and oxygen atoms in total. The van der Waals surface area contributed by atoms with Crippen molar-refractivity contribution >= 4 is 6.29 Å². The molecule has 0 fully saturated rings. The van der Waals surface area contributed by atoms with Crippen LogP contribution in [0.3, 0.4) is 0 Å². The molecule has 0 aromatic heterocycles. The molecule has 0 N–H and O–H groups in total. The molecule has 78 valence electrons. The minimum Gasteiger partial charge on any atom is -0.492 e. The molecule has 3 rings (SSSR count). The van der Waals surface area contributed by atoms with Gasteiger partial charge in [0.15, 0.2) is 6.29 Å². The molecular formula is C13H14O2. The van der Waals surface area contributed by atoms with Gasteiger partial charge in [-0.3, -0.25) is 4.79 Å². The molecule has 15 heavy (non-hydrogen) atoms. The zero-order valence-electron chi connectivity index (χ0n) is 8.88. The van der Waals surface area contributed by atoms with Crippen LogP contribution in [0, 0.1) is 0 Å². The fourth-order valence-electron chi connectivity index (χ4n) is 2.73. The molecule has 0 amide bonds. The first kappa shape index (κ1) is 8.96. The summed E-state index contributed by atoms with van der Waals surface area (Å²) in [5.41, 5.74) is 4.66. The summed E-state index contributed by atoms with van der Waals surface area (Å²) in [4.78, 5) is 11.2. The Kier molecular flexibility index (Phi) is 1.84. The standard InChI is InChI=1S/C13H14O2/c1-8-7-15-13-11(8)5-9-3-2-4-10(9)12(13)6-14/h5-6,8H,2-4,7H2,1H3. The van der Waals surface area contributed by atoms with Gasteiger partial charge in [0.1, 0.15) is 5.75 Å². The number of hydrogen-bond acceptors (Lipinski definition) is 2. The number of ether oxygens (including phenoxy) is 1. The molecule has 0 radical (unpaired) electrons. The highest BCUT2D eigenvalue weighted by atomic mass is 16.5. The molecule has 1 aliphatic carbocycles. The predicted octanol–water partition coefficient (Wildman–Crippen LogP) is 2.48. The largest absolute Gasteiger partial charge is 0.492 e. The van der Waals surface area contributed by atoms with Crippen LogP contribution in [0.4, 0.5) is 0 Å². The fourth-order valence-corrected chi connectivity index (χ4v) is 2.73. The van der Waals surface area contributed by atoms with E-state index in [1.807, 2.05) is 0 Å². The van der Waals surface area contributed by atoms with Gasteiger partial charge in [-0.25, -0.2) is 0 Å². The van der Waals surface area contributed by atoms with E-state index >= 15 is 0 Å². The first-order chi connectivity index (χ1) is 7.31. The van der Waals surface area contributed by atoms with Gasteiger partial charge < -0.3 is 4.74 Å². The number of carbonyl (C=O) groups is 1. The summed E-state index contributed by atoms with van der Waals surface area (Å²) >= 11 is 0. The summed E-state index contributed by atoms with van der Waals surface area (Å²) in [6.45, 7) is 2.88. The third-order valence-corrected chi connectivity index (χ3v) is 3.55. The molecule has 0 saturated carbocycles. The highest BCUT2D eigenvalue weighted by molar-refractivity contribution is 5.84. The summed E-state index contributed by atoms with van der Waals surface area (Å²) < 4.78 is 5.63. The van der Waals surface area contributed by atoms with Crippen molar-refractivity contribution < 1.29 is 9.53 Å². The Balaban J connectivity index is 2.28. The van der Waals surface area contributed by atoms with E-state index in [1.165, 1.54) is 23.1 Å². The average Bonchev–Trinajstić information content (AvgIpc) is 2.83. The number of benzene rings is 1. The van der Waals surface area contributed by atoms with Crippen molar-refractivity contribution in [2.75, 3.05) is 6.61 Å². The van der Waals surface area contributed by atoms with E-state index in [9.17, 15) is 4.79 Å². The molecule has 1 aliphatic heterocycles. The van der Waals surface area contributed by atoms with E-state index in [0.717, 1.165) is 37.0 Å². The minimum atomic E-state index is 0.435. The van der Waals surface area contributed by atoms with E-state index in [4.69, 9.17) is 4.74 Å². The van der Waals surface area contributed by atoms with Crippen LogP contribution < -0.4 is 4.74 Å². The molecule has 0 saturated heterocycles. The van der Waals surface area contributed by atoms with Crippen LogP contribution in [0.2, 0.25) is 0 Å². The van der Waals surface area contributed by atoms with Crippen molar-refractivity contribution in [3.8, 4) is 5.75 Å². The lowest BCUT2D eigenvalue weighted by molar-refractivity contribution is 0.111. The van der Waals surface area contributed by atoms with Crippen molar-refractivity contribution in [3.05, 3.63) is 28.3 Å². The zero-order valence-corrected chi connectivity index (χ0v) is 8.88. The number of aldehydes is 1. The first-order valence-electron chi connectivity index (χ1n) is 5.58. The average molecular weight is 202 g/mol. The lowest BCUT2D eigenvalue weighted by Gasteiger charge is -2.09. The SMILES string of the molecule is CC1COc2c1cc1c(c2C=O)CCC1. The predicted molar refractivity (Wildman–Crippen MR) is 57.8 cm³/mol. The Morgan fingerprint density at radius 3 is 3.13 bits per heavy atom. The number of rotatable bonds is 1. The van der Waals surface area contributed by atoms with Gasteiger partial charge in [-0.15, -0.1) is 0 Å². The molecule has 1 atom stereocenters. The number of fused-ring (bicyclic) bond motifs is 2. The first-order valence-corrected chi connectivity index (χ1v) is 5.58. The zero-order chi connectivity index (χ0) is 10.4. The molecule has 2 aliphatic rings. The van der Waals surface area contributed by atoms with E-state index in [0.29, 0.717) is 5.92 Å². The van der Waals surface area contributed by atoms with Gasteiger partial charge in [0.05, 0.1) is 12.2 Å². The summed E-state index contributed by atoms with van der Waals surface area (Å²) in [6, 6.07) is 2.25. The minimum absolute atomic E-state index is 0.435. The summed E-state index contributed by atoms with van der Waals surface area (Å²) in [6.07, 6.45) is 4.30. The maximum Gasteiger partial charge on any atom is 0.154 e. The maximum atomic E-state index is 11.2. The Morgan fingerprint density at radius 2 is 2.33 bits per heavy atom. The van der Waals surface area contributed by atoms with Crippen molar-refractivity contribution in [1.82, 2.24) is 0 Å². The van der Waals surface area contributed by atoms with Crippen LogP contribution >= 0.6 is 0 Å². The number of hydrogen-bond donors (Lipinski definition) is 0. The van der Waals surface area contributed by atoms with Gasteiger partial charge in [0.2, 0.25) is 0 Å². The van der Waals surface area contributed by atoms with Crippen LogP contribution in [0.1, 0.15) is 46.3 Å². The van der Waals surface area contributed by atoms with E-state index in [1.54, 1.807) is 0 Å². The molecular weight excluding hydrogens is 188 g/mol. The maximum absolute atomic E-state index is 11.2. The molecule has 0 bridgehead atoms. The van der Waals surface area contributed by atoms with Gasteiger partial charge in [-0.2, -0.15) is 0 Å². The lowest BCUT2D eigenvalue weighted by atomic mass is 9.94. The van der Waals surface area contributed by atoms with Crippen molar-refractivity contribution in [3.63, 3.8) is 0 Å². The van der Waals surface area contributed by atoms with E-state index in [-0.39, 0.29) is 0 Å². The quantitative estimate of drug-likeness (QED) is 0.654. The molecule has 0 spiro atoms. The summed E-state index contributed by atoms with van der Waals surface area (Å²) in [7, 11) is 0. The Morgan fingerprint density at radius 1 is 1.47 bits per heavy atom. The Bertz CT molecular complexity index is 435. The molecule has 1 heterocycles. The van der Waals surface area contributed by atoms with Crippen molar-refractivity contribution in [1.29, 1.82) is 0 Å². The highest BCUT2D eigenvalue weighted by Gasteiger charge is 2.28. The second kappa shape index (κ2) is 3.09. The third-order valence-electron chi connectivity index (χ3n) is 3.55. The van der Waals surface area contributed by atoms with Crippen LogP contribution in [-0.2, 0) is 12.8 Å².